The Bertz CT molecular complexity index is 2530. The van der Waals surface area contributed by atoms with Crippen molar-refractivity contribution in [1.29, 1.82) is 0 Å². The Kier molecular flexibility index (Phi) is 6.86. The van der Waals surface area contributed by atoms with Crippen LogP contribution in [0.5, 0.6) is 0 Å². The van der Waals surface area contributed by atoms with Crippen LogP contribution >= 0.6 is 10.0 Å². The minimum absolute atomic E-state index is 1.10. The van der Waals surface area contributed by atoms with E-state index in [4.69, 9.17) is 0 Å². The van der Waals surface area contributed by atoms with Crippen molar-refractivity contribution in [3.05, 3.63) is 195 Å². The Hall–Kier alpha value is -6.43. The van der Waals surface area contributed by atoms with E-state index in [0.29, 0.717) is 0 Å². The Balaban J connectivity index is 1.19. The van der Waals surface area contributed by atoms with Gasteiger partial charge in [0, 0.05) is 64.9 Å². The molecular weight excluding hydrogens is 641 g/mol. The van der Waals surface area contributed by atoms with Crippen LogP contribution in [0.2, 0.25) is 0 Å². The third-order valence-corrected chi connectivity index (χ3v) is 14.0. The van der Waals surface area contributed by atoms with Gasteiger partial charge in [-0.3, -0.25) is 9.97 Å². The van der Waals surface area contributed by atoms with Crippen molar-refractivity contribution in [3.63, 3.8) is 0 Å². The Morgan fingerprint density at radius 3 is 1.10 bits per heavy atom. The zero-order valence-corrected chi connectivity index (χ0v) is 28.5. The fourth-order valence-electron chi connectivity index (χ4n) is 7.86. The molecule has 4 nitrogen and oxygen atoms in total. The minimum Gasteiger partial charge on any atom is -0.308 e. The fourth-order valence-corrected chi connectivity index (χ4v) is 11.7. The lowest BCUT2D eigenvalue weighted by Crippen LogP contribution is -2.06. The number of pyridine rings is 2. The Morgan fingerprint density at radius 2 is 0.667 bits per heavy atom. The molecule has 0 saturated carbocycles. The van der Waals surface area contributed by atoms with E-state index in [9.17, 15) is 0 Å². The molecule has 4 aromatic heterocycles. The van der Waals surface area contributed by atoms with E-state index in [-0.39, 0.29) is 0 Å². The van der Waals surface area contributed by atoms with E-state index in [2.05, 4.69) is 189 Å². The summed E-state index contributed by atoms with van der Waals surface area (Å²) in [5.41, 5.74) is 6.78. The van der Waals surface area contributed by atoms with Crippen LogP contribution in [0.1, 0.15) is 0 Å². The molecule has 0 bridgehead atoms. The summed E-state index contributed by atoms with van der Waals surface area (Å²) in [5.74, 6) is 0. The van der Waals surface area contributed by atoms with Gasteiger partial charge in [0.1, 0.15) is 0 Å². The second-order valence-corrected chi connectivity index (χ2v) is 15.8. The summed E-state index contributed by atoms with van der Waals surface area (Å²) in [5, 5.41) is 4.87. The third-order valence-electron chi connectivity index (χ3n) is 10.0. The highest BCUT2D eigenvalue weighted by atomic mass is 32.3. The second-order valence-electron chi connectivity index (χ2n) is 12.7. The lowest BCUT2D eigenvalue weighted by atomic mass is 10.2. The summed E-state index contributed by atoms with van der Waals surface area (Å²) in [7, 11) is -1.90. The van der Waals surface area contributed by atoms with Crippen LogP contribution in [-0.2, 0) is 0 Å². The second kappa shape index (κ2) is 11.9. The molecule has 10 aromatic rings. The van der Waals surface area contributed by atoms with E-state index in [0.717, 1.165) is 22.4 Å². The number of nitrogens with zero attached hydrogens (tertiary/aromatic N) is 4. The van der Waals surface area contributed by atoms with E-state index in [1.165, 1.54) is 52.2 Å². The normalized spacial score (nSPS) is 12.2. The molecule has 0 aliphatic rings. The number of fused-ring (bicyclic) bond motifs is 6. The van der Waals surface area contributed by atoms with Gasteiger partial charge < -0.3 is 9.13 Å². The van der Waals surface area contributed by atoms with Crippen LogP contribution in [0.4, 0.5) is 0 Å². The summed E-state index contributed by atoms with van der Waals surface area (Å²) >= 11 is 0. The molecule has 0 aliphatic carbocycles. The van der Waals surface area contributed by atoms with Gasteiger partial charge in [0.05, 0.1) is 34.5 Å². The molecule has 10 rings (SSSR count). The lowest BCUT2D eigenvalue weighted by Gasteiger charge is -2.42. The van der Waals surface area contributed by atoms with Crippen molar-refractivity contribution in [2.45, 2.75) is 19.6 Å². The molecule has 0 spiro atoms. The fraction of sp³-hybridized carbons (Fsp3) is 0. The predicted octanol–water partition coefficient (Wildman–Crippen LogP) is 12.0. The number of rotatable bonds is 6. The average Bonchev–Trinajstić information content (AvgIpc) is 3.73. The van der Waals surface area contributed by atoms with Crippen LogP contribution in [-0.4, -0.2) is 19.1 Å². The molecule has 242 valence electrons. The van der Waals surface area contributed by atoms with Crippen molar-refractivity contribution in [2.24, 2.45) is 0 Å². The van der Waals surface area contributed by atoms with E-state index in [1.54, 1.807) is 0 Å². The topological polar surface area (TPSA) is 35.6 Å². The first-order chi connectivity index (χ1) is 25.3. The van der Waals surface area contributed by atoms with Gasteiger partial charge in [0.15, 0.2) is 0 Å². The van der Waals surface area contributed by atoms with Gasteiger partial charge >= 0.3 is 0 Å². The highest BCUT2D eigenvalue weighted by Gasteiger charge is 2.33. The standard InChI is InChI=1S/C46H32N4S/c1-3-11-35(12-4-1)51(36-13-5-2-6-14-36,37-23-19-33(20-24-37)49-43-17-9-7-15-39(43)41-27-29-47-31-45(41)49)38-25-21-34(22-26-38)50-44-18-10-8-16-40(44)42-28-30-48-32-46(42)50/h1-32H. The molecule has 4 heterocycles. The number of benzene rings is 6. The van der Waals surface area contributed by atoms with Crippen LogP contribution in [0.25, 0.3) is 55.0 Å². The Labute approximate surface area is 297 Å². The maximum Gasteiger partial charge on any atom is 0.0724 e. The number of aromatic nitrogens is 4. The minimum atomic E-state index is -1.90. The van der Waals surface area contributed by atoms with Gasteiger partial charge in [-0.05, 0) is 97.1 Å². The molecule has 0 radical (unpaired) electrons. The van der Waals surface area contributed by atoms with Crippen molar-refractivity contribution >= 4 is 53.6 Å². The molecule has 0 N–H and O–H groups in total. The van der Waals surface area contributed by atoms with Crippen molar-refractivity contribution in [3.8, 4) is 11.4 Å². The molecule has 0 fully saturated rings. The van der Waals surface area contributed by atoms with E-state index >= 15 is 0 Å². The molecule has 0 atom stereocenters. The van der Waals surface area contributed by atoms with Gasteiger partial charge in [-0.1, -0.05) is 72.8 Å². The molecule has 0 saturated heterocycles. The van der Waals surface area contributed by atoms with Crippen LogP contribution < -0.4 is 0 Å². The molecule has 0 amide bonds. The SMILES string of the molecule is c1ccc(S(c2ccccc2)(c2ccc(-n3c4ccccc4c4ccncc43)cc2)c2ccc(-n3c4ccccc4c4ccncc43)cc2)cc1. The quantitative estimate of drug-likeness (QED) is 0.176. The molecule has 0 unspecified atom stereocenters. The number of para-hydroxylation sites is 2. The molecule has 0 aliphatic heterocycles. The van der Waals surface area contributed by atoms with Gasteiger partial charge in [0.2, 0.25) is 0 Å². The first-order valence-corrected chi connectivity index (χ1v) is 18.8. The summed E-state index contributed by atoms with van der Waals surface area (Å²) in [6.45, 7) is 0. The monoisotopic (exact) mass is 672 g/mol. The largest absolute Gasteiger partial charge is 0.308 e. The molecule has 51 heavy (non-hydrogen) atoms. The van der Waals surface area contributed by atoms with E-state index < -0.39 is 10.0 Å². The van der Waals surface area contributed by atoms with E-state index in [1.807, 2.05) is 24.8 Å². The average molecular weight is 673 g/mol. The number of hydrogen-bond acceptors (Lipinski definition) is 2. The summed E-state index contributed by atoms with van der Waals surface area (Å²) in [4.78, 5) is 14.1. The molecule has 6 aromatic carbocycles. The van der Waals surface area contributed by atoms with Crippen LogP contribution in [0, 0.1) is 0 Å². The molecule has 5 heteroatoms. The smallest absolute Gasteiger partial charge is 0.0724 e. The summed E-state index contributed by atoms with van der Waals surface area (Å²) < 4.78 is 4.66. The third kappa shape index (κ3) is 4.48. The van der Waals surface area contributed by atoms with Crippen LogP contribution in [0.15, 0.2) is 214 Å². The van der Waals surface area contributed by atoms with Crippen molar-refractivity contribution < 1.29 is 0 Å². The van der Waals surface area contributed by atoms with Gasteiger partial charge in [-0.2, -0.15) is 0 Å². The van der Waals surface area contributed by atoms with Gasteiger partial charge in [-0.15, -0.1) is 10.0 Å². The van der Waals surface area contributed by atoms with Gasteiger partial charge in [-0.25, -0.2) is 0 Å². The zero-order chi connectivity index (χ0) is 33.8. The number of hydrogen-bond donors (Lipinski definition) is 0. The van der Waals surface area contributed by atoms with Crippen molar-refractivity contribution in [2.75, 3.05) is 0 Å². The van der Waals surface area contributed by atoms with Crippen LogP contribution in [0.3, 0.4) is 0 Å². The maximum absolute atomic E-state index is 4.51. The van der Waals surface area contributed by atoms with Crippen molar-refractivity contribution in [1.82, 2.24) is 19.1 Å². The molecular formula is C46H32N4S. The first kappa shape index (κ1) is 29.5. The predicted molar refractivity (Wildman–Crippen MR) is 211 cm³/mol. The highest BCUT2D eigenvalue weighted by molar-refractivity contribution is 8.34. The lowest BCUT2D eigenvalue weighted by molar-refractivity contribution is 1.14. The maximum atomic E-state index is 4.51. The zero-order valence-electron chi connectivity index (χ0n) is 27.7. The first-order valence-electron chi connectivity index (χ1n) is 17.1. The summed E-state index contributed by atoms with van der Waals surface area (Å²) in [6.07, 6.45) is 7.70. The van der Waals surface area contributed by atoms with Gasteiger partial charge in [0.25, 0.3) is 0 Å². The highest BCUT2D eigenvalue weighted by Crippen LogP contribution is 2.73. The summed E-state index contributed by atoms with van der Waals surface area (Å²) in [6, 6.07) is 62.0. The Morgan fingerprint density at radius 1 is 0.314 bits per heavy atom.